The van der Waals surface area contributed by atoms with Crippen molar-refractivity contribution < 1.29 is 0 Å². The second-order valence-corrected chi connectivity index (χ2v) is 5.93. The lowest BCUT2D eigenvalue weighted by Crippen LogP contribution is -1.88. The smallest absolute Gasteiger partial charge is 0.0851 e. The summed E-state index contributed by atoms with van der Waals surface area (Å²) in [5, 5.41) is 3.63. The van der Waals surface area contributed by atoms with Gasteiger partial charge in [0.25, 0.3) is 0 Å². The summed E-state index contributed by atoms with van der Waals surface area (Å²) < 4.78 is 1.02. The summed E-state index contributed by atoms with van der Waals surface area (Å²) in [7, 11) is 0. The van der Waals surface area contributed by atoms with E-state index in [1.54, 1.807) is 0 Å². The number of fused-ring (bicyclic) bond motifs is 2. The Labute approximate surface area is 131 Å². The lowest BCUT2D eigenvalue weighted by atomic mass is 10.0. The third-order valence-electron chi connectivity index (χ3n) is 3.70. The minimum atomic E-state index is 0.986. The Balaban J connectivity index is 1.96. The number of halogens is 1. The highest BCUT2D eigenvalue weighted by molar-refractivity contribution is 9.10. The molecule has 0 bridgehead atoms. The summed E-state index contributed by atoms with van der Waals surface area (Å²) in [6.07, 6.45) is 0. The summed E-state index contributed by atoms with van der Waals surface area (Å²) in [5.74, 6) is 0. The van der Waals surface area contributed by atoms with Crippen molar-refractivity contribution in [3.05, 3.63) is 77.3 Å². The highest BCUT2D eigenvalue weighted by Crippen LogP contribution is 2.31. The van der Waals surface area contributed by atoms with E-state index in [0.717, 1.165) is 26.6 Å². The molecule has 21 heavy (non-hydrogen) atoms. The molecule has 4 aromatic rings. The predicted molar refractivity (Wildman–Crippen MR) is 92.4 cm³/mol. The van der Waals surface area contributed by atoms with Crippen LogP contribution in [-0.4, -0.2) is 4.98 Å². The van der Waals surface area contributed by atoms with Crippen molar-refractivity contribution in [2.24, 2.45) is 0 Å². The zero-order chi connectivity index (χ0) is 14.2. The standard InChI is InChI=1S/C19H12BrN/c20-17-12-15-7-3-4-8-18(15)21-19(17)16-10-9-13-5-1-2-6-14(13)11-16/h1-12H. The van der Waals surface area contributed by atoms with E-state index >= 15 is 0 Å². The predicted octanol–water partition coefficient (Wildman–Crippen LogP) is 5.82. The van der Waals surface area contributed by atoms with Gasteiger partial charge in [0.05, 0.1) is 11.2 Å². The first-order valence-electron chi connectivity index (χ1n) is 6.86. The summed E-state index contributed by atoms with van der Waals surface area (Å²) in [6, 6.07) is 25.2. The Morgan fingerprint density at radius 2 is 1.38 bits per heavy atom. The second kappa shape index (κ2) is 4.97. The average Bonchev–Trinajstić information content (AvgIpc) is 2.54. The van der Waals surface area contributed by atoms with Gasteiger partial charge in [-0.25, -0.2) is 4.98 Å². The number of aromatic nitrogens is 1. The Morgan fingerprint density at radius 3 is 2.24 bits per heavy atom. The van der Waals surface area contributed by atoms with Crippen molar-refractivity contribution in [1.29, 1.82) is 0 Å². The maximum absolute atomic E-state index is 4.80. The molecule has 0 atom stereocenters. The molecule has 1 heterocycles. The normalized spacial score (nSPS) is 11.1. The van der Waals surface area contributed by atoms with Crippen molar-refractivity contribution in [1.82, 2.24) is 4.98 Å². The molecule has 3 aromatic carbocycles. The van der Waals surface area contributed by atoms with Crippen LogP contribution in [0.4, 0.5) is 0 Å². The number of hydrogen-bond acceptors (Lipinski definition) is 1. The van der Waals surface area contributed by atoms with E-state index in [1.807, 2.05) is 18.2 Å². The monoisotopic (exact) mass is 333 g/mol. The molecule has 4 rings (SSSR count). The molecule has 0 unspecified atom stereocenters. The van der Waals surface area contributed by atoms with Gasteiger partial charge in [-0.05, 0) is 44.9 Å². The van der Waals surface area contributed by atoms with Gasteiger partial charge >= 0.3 is 0 Å². The molecule has 2 heteroatoms. The van der Waals surface area contributed by atoms with Gasteiger partial charge in [-0.15, -0.1) is 0 Å². The number of rotatable bonds is 1. The average molecular weight is 334 g/mol. The van der Waals surface area contributed by atoms with Crippen molar-refractivity contribution in [2.45, 2.75) is 0 Å². The summed E-state index contributed by atoms with van der Waals surface area (Å²) in [5.41, 5.74) is 3.13. The van der Waals surface area contributed by atoms with E-state index in [4.69, 9.17) is 4.98 Å². The lowest BCUT2D eigenvalue weighted by Gasteiger charge is -2.08. The van der Waals surface area contributed by atoms with Crippen molar-refractivity contribution in [3.63, 3.8) is 0 Å². The molecule has 0 radical (unpaired) electrons. The van der Waals surface area contributed by atoms with Gasteiger partial charge in [-0.1, -0.05) is 54.6 Å². The third kappa shape index (κ3) is 2.22. The second-order valence-electron chi connectivity index (χ2n) is 5.07. The molecule has 1 nitrogen and oxygen atoms in total. The zero-order valence-electron chi connectivity index (χ0n) is 11.3. The van der Waals surface area contributed by atoms with Crippen molar-refractivity contribution in [3.8, 4) is 11.3 Å². The molecule has 0 spiro atoms. The topological polar surface area (TPSA) is 12.9 Å². The van der Waals surface area contributed by atoms with Crippen LogP contribution in [0.5, 0.6) is 0 Å². The molecule has 0 fully saturated rings. The summed E-state index contributed by atoms with van der Waals surface area (Å²) in [4.78, 5) is 4.80. The first-order chi connectivity index (χ1) is 10.3. The van der Waals surface area contributed by atoms with E-state index in [9.17, 15) is 0 Å². The van der Waals surface area contributed by atoms with Gasteiger partial charge in [0.2, 0.25) is 0 Å². The first-order valence-corrected chi connectivity index (χ1v) is 7.65. The molecule has 0 N–H and O–H groups in total. The third-order valence-corrected chi connectivity index (χ3v) is 4.30. The number of nitrogens with zero attached hydrogens (tertiary/aromatic N) is 1. The summed E-state index contributed by atoms with van der Waals surface area (Å²) >= 11 is 3.66. The highest BCUT2D eigenvalue weighted by atomic mass is 79.9. The van der Waals surface area contributed by atoms with E-state index in [1.165, 1.54) is 10.8 Å². The maximum atomic E-state index is 4.80. The zero-order valence-corrected chi connectivity index (χ0v) is 12.8. The van der Waals surface area contributed by atoms with Gasteiger partial charge in [0, 0.05) is 15.4 Å². The van der Waals surface area contributed by atoms with E-state index in [-0.39, 0.29) is 0 Å². The van der Waals surface area contributed by atoms with Gasteiger partial charge in [0.15, 0.2) is 0 Å². The molecule has 0 aliphatic heterocycles. The lowest BCUT2D eigenvalue weighted by molar-refractivity contribution is 1.38. The van der Waals surface area contributed by atoms with Crippen LogP contribution >= 0.6 is 15.9 Å². The van der Waals surface area contributed by atoms with E-state index in [2.05, 4.69) is 70.5 Å². The molecule has 0 saturated heterocycles. The Morgan fingerprint density at radius 1 is 0.667 bits per heavy atom. The Bertz CT molecular complexity index is 960. The molecule has 0 aliphatic rings. The molecule has 0 amide bonds. The van der Waals surface area contributed by atoms with Gasteiger partial charge < -0.3 is 0 Å². The number of benzene rings is 3. The van der Waals surface area contributed by atoms with Crippen LogP contribution in [0, 0.1) is 0 Å². The largest absolute Gasteiger partial charge is 0.247 e. The molecule has 0 aliphatic carbocycles. The number of pyridine rings is 1. The fourth-order valence-corrected chi connectivity index (χ4v) is 3.19. The van der Waals surface area contributed by atoms with Crippen LogP contribution in [0.2, 0.25) is 0 Å². The number of hydrogen-bond donors (Lipinski definition) is 0. The van der Waals surface area contributed by atoms with Gasteiger partial charge in [-0.3, -0.25) is 0 Å². The molecular formula is C19H12BrN. The van der Waals surface area contributed by atoms with Crippen molar-refractivity contribution >= 4 is 37.6 Å². The fraction of sp³-hybridized carbons (Fsp3) is 0. The minimum absolute atomic E-state index is 0.986. The molecular weight excluding hydrogens is 322 g/mol. The molecule has 1 aromatic heterocycles. The maximum Gasteiger partial charge on any atom is 0.0851 e. The van der Waals surface area contributed by atoms with Gasteiger partial charge in [0.1, 0.15) is 0 Å². The SMILES string of the molecule is Brc1cc2ccccc2nc1-c1ccc2ccccc2c1. The molecule has 100 valence electrons. The highest BCUT2D eigenvalue weighted by Gasteiger charge is 2.07. The fourth-order valence-electron chi connectivity index (χ4n) is 2.63. The van der Waals surface area contributed by atoms with Gasteiger partial charge in [-0.2, -0.15) is 0 Å². The van der Waals surface area contributed by atoms with Crippen LogP contribution in [0.25, 0.3) is 32.9 Å². The molecule has 0 saturated carbocycles. The van der Waals surface area contributed by atoms with Crippen molar-refractivity contribution in [2.75, 3.05) is 0 Å². The van der Waals surface area contributed by atoms with Crippen LogP contribution in [-0.2, 0) is 0 Å². The van der Waals surface area contributed by atoms with E-state index in [0.29, 0.717) is 0 Å². The minimum Gasteiger partial charge on any atom is -0.247 e. The first kappa shape index (κ1) is 12.5. The van der Waals surface area contributed by atoms with Crippen LogP contribution in [0.1, 0.15) is 0 Å². The van der Waals surface area contributed by atoms with Crippen LogP contribution < -0.4 is 0 Å². The number of para-hydroxylation sites is 1. The van der Waals surface area contributed by atoms with Crippen LogP contribution in [0.3, 0.4) is 0 Å². The summed E-state index contributed by atoms with van der Waals surface area (Å²) in [6.45, 7) is 0. The van der Waals surface area contributed by atoms with Crippen LogP contribution in [0.15, 0.2) is 77.3 Å². The Hall–Kier alpha value is -2.19. The Kier molecular flexibility index (Phi) is 2.97. The quantitative estimate of drug-likeness (QED) is 0.427. The van der Waals surface area contributed by atoms with E-state index < -0.39 is 0 Å².